The summed E-state index contributed by atoms with van der Waals surface area (Å²) >= 11 is 0. The third kappa shape index (κ3) is 6.56. The van der Waals surface area contributed by atoms with Gasteiger partial charge >= 0.3 is 10.1 Å². The van der Waals surface area contributed by atoms with E-state index in [1.807, 2.05) is 37.3 Å². The van der Waals surface area contributed by atoms with Gasteiger partial charge in [0.2, 0.25) is 0 Å². The van der Waals surface area contributed by atoms with Gasteiger partial charge in [0.05, 0.1) is 6.54 Å². The highest BCUT2D eigenvalue weighted by molar-refractivity contribution is 7.87. The molecular formula is C24H25N3O5S. The van der Waals surface area contributed by atoms with Gasteiger partial charge in [-0.25, -0.2) is 0 Å². The number of benzene rings is 3. The first-order valence-electron chi connectivity index (χ1n) is 10.2. The van der Waals surface area contributed by atoms with Crippen molar-refractivity contribution < 1.29 is 22.2 Å². The molecule has 0 aliphatic carbocycles. The molecule has 0 aliphatic heterocycles. The Hall–Kier alpha value is -3.85. The first kappa shape index (κ1) is 23.8. The van der Waals surface area contributed by atoms with Crippen LogP contribution >= 0.6 is 0 Å². The number of carbonyl (C=O) groups is 2. The second kappa shape index (κ2) is 10.2. The first-order chi connectivity index (χ1) is 15.6. The SMILES string of the molecule is Cc1ccc(NCC(=O)NNC(=O)c2ccc(OS(=O)(=O)c3cc(C)ccc3C)cc2)cc1. The molecule has 0 saturated carbocycles. The van der Waals surface area contributed by atoms with Gasteiger partial charge in [0.15, 0.2) is 0 Å². The van der Waals surface area contributed by atoms with Crippen molar-refractivity contribution in [1.29, 1.82) is 0 Å². The van der Waals surface area contributed by atoms with Crippen LogP contribution in [0.1, 0.15) is 27.0 Å². The summed E-state index contributed by atoms with van der Waals surface area (Å²) in [4.78, 5) is 24.3. The van der Waals surface area contributed by atoms with Crippen LogP contribution in [0, 0.1) is 20.8 Å². The molecule has 0 heterocycles. The number of anilines is 1. The zero-order chi connectivity index (χ0) is 24.0. The highest BCUT2D eigenvalue weighted by atomic mass is 32.2. The van der Waals surface area contributed by atoms with Crippen LogP contribution in [0.5, 0.6) is 5.75 Å². The van der Waals surface area contributed by atoms with E-state index in [0.29, 0.717) is 5.56 Å². The molecule has 0 aliphatic rings. The van der Waals surface area contributed by atoms with Crippen LogP contribution in [0.2, 0.25) is 0 Å². The fourth-order valence-corrected chi connectivity index (χ4v) is 4.15. The number of rotatable bonds is 7. The van der Waals surface area contributed by atoms with Gasteiger partial charge in [-0.1, -0.05) is 29.8 Å². The van der Waals surface area contributed by atoms with Crippen molar-refractivity contribution in [2.45, 2.75) is 25.7 Å². The maximum absolute atomic E-state index is 12.6. The van der Waals surface area contributed by atoms with Crippen LogP contribution in [0.25, 0.3) is 0 Å². The molecule has 2 amide bonds. The number of aryl methyl sites for hydroxylation is 3. The molecule has 172 valence electrons. The smallest absolute Gasteiger partial charge is 0.339 e. The Labute approximate surface area is 193 Å². The predicted molar refractivity (Wildman–Crippen MR) is 125 cm³/mol. The molecule has 3 aromatic rings. The Morgan fingerprint density at radius 1 is 0.818 bits per heavy atom. The molecule has 33 heavy (non-hydrogen) atoms. The molecule has 0 aromatic heterocycles. The Morgan fingerprint density at radius 3 is 2.12 bits per heavy atom. The van der Waals surface area contributed by atoms with E-state index in [1.165, 1.54) is 24.3 Å². The van der Waals surface area contributed by atoms with E-state index in [-0.39, 0.29) is 22.8 Å². The lowest BCUT2D eigenvalue weighted by Crippen LogP contribution is -2.44. The minimum Gasteiger partial charge on any atom is -0.379 e. The lowest BCUT2D eigenvalue weighted by atomic mass is 10.2. The fourth-order valence-electron chi connectivity index (χ4n) is 2.91. The number of hydrogen-bond acceptors (Lipinski definition) is 6. The minimum atomic E-state index is -4.02. The van der Waals surface area contributed by atoms with Crippen LogP contribution in [0.4, 0.5) is 5.69 Å². The number of hydrazine groups is 1. The lowest BCUT2D eigenvalue weighted by Gasteiger charge is -2.11. The van der Waals surface area contributed by atoms with Gasteiger partial charge in [0.1, 0.15) is 10.6 Å². The minimum absolute atomic E-state index is 0.0215. The lowest BCUT2D eigenvalue weighted by molar-refractivity contribution is -0.120. The number of amides is 2. The number of hydrogen-bond donors (Lipinski definition) is 3. The zero-order valence-electron chi connectivity index (χ0n) is 18.5. The molecule has 3 N–H and O–H groups in total. The van der Waals surface area contributed by atoms with Gasteiger partial charge in [-0.2, -0.15) is 8.42 Å². The molecule has 0 bridgehead atoms. The molecule has 0 atom stereocenters. The summed E-state index contributed by atoms with van der Waals surface area (Å²) in [6, 6.07) is 18.2. The van der Waals surface area contributed by atoms with Crippen molar-refractivity contribution in [2.24, 2.45) is 0 Å². The van der Waals surface area contributed by atoms with Crippen molar-refractivity contribution in [2.75, 3.05) is 11.9 Å². The summed E-state index contributed by atoms with van der Waals surface area (Å²) in [7, 11) is -4.02. The number of carbonyl (C=O) groups excluding carboxylic acids is 2. The standard InChI is InChI=1S/C24H25N3O5S/c1-16-5-10-20(11-6-16)25-15-23(28)26-27-24(29)19-8-12-21(13-9-19)32-33(30,31)22-14-17(2)4-7-18(22)3/h4-14,25H,15H2,1-3H3,(H,26,28)(H,27,29). The summed E-state index contributed by atoms with van der Waals surface area (Å²) in [6.07, 6.45) is 0. The monoisotopic (exact) mass is 467 g/mol. The van der Waals surface area contributed by atoms with Crippen molar-refractivity contribution in [3.63, 3.8) is 0 Å². The zero-order valence-corrected chi connectivity index (χ0v) is 19.3. The van der Waals surface area contributed by atoms with E-state index >= 15 is 0 Å². The van der Waals surface area contributed by atoms with Crippen LogP contribution in [0.3, 0.4) is 0 Å². The summed E-state index contributed by atoms with van der Waals surface area (Å²) in [5.41, 5.74) is 8.12. The van der Waals surface area contributed by atoms with E-state index in [0.717, 1.165) is 16.8 Å². The van der Waals surface area contributed by atoms with Gasteiger partial charge in [-0.15, -0.1) is 0 Å². The van der Waals surface area contributed by atoms with Crippen molar-refractivity contribution in [1.82, 2.24) is 10.9 Å². The third-order valence-electron chi connectivity index (χ3n) is 4.76. The third-order valence-corrected chi connectivity index (χ3v) is 6.15. The average molecular weight is 468 g/mol. The summed E-state index contributed by atoms with van der Waals surface area (Å²) in [5.74, 6) is -0.912. The van der Waals surface area contributed by atoms with Gasteiger partial charge in [0.25, 0.3) is 11.8 Å². The van der Waals surface area contributed by atoms with E-state index in [9.17, 15) is 18.0 Å². The second-order valence-corrected chi connectivity index (χ2v) is 9.07. The summed E-state index contributed by atoms with van der Waals surface area (Å²) in [5, 5.41) is 2.95. The van der Waals surface area contributed by atoms with Crippen molar-refractivity contribution >= 4 is 27.6 Å². The maximum atomic E-state index is 12.6. The van der Waals surface area contributed by atoms with Gasteiger partial charge < -0.3 is 9.50 Å². The number of nitrogens with one attached hydrogen (secondary N) is 3. The molecular weight excluding hydrogens is 442 g/mol. The molecule has 0 saturated heterocycles. The Kier molecular flexibility index (Phi) is 7.34. The maximum Gasteiger partial charge on any atom is 0.339 e. The highest BCUT2D eigenvalue weighted by Crippen LogP contribution is 2.22. The normalized spacial score (nSPS) is 10.9. The fraction of sp³-hybridized carbons (Fsp3) is 0.167. The Bertz CT molecular complexity index is 1250. The summed E-state index contributed by atoms with van der Waals surface area (Å²) in [6.45, 7) is 5.43. The molecule has 0 spiro atoms. The molecule has 3 rings (SSSR count). The molecule has 0 radical (unpaired) electrons. The van der Waals surface area contributed by atoms with E-state index < -0.39 is 21.9 Å². The molecule has 8 nitrogen and oxygen atoms in total. The predicted octanol–water partition coefficient (Wildman–Crippen LogP) is 3.25. The Morgan fingerprint density at radius 2 is 1.45 bits per heavy atom. The molecule has 0 unspecified atom stereocenters. The van der Waals surface area contributed by atoms with E-state index in [4.69, 9.17) is 4.18 Å². The molecule has 9 heteroatoms. The van der Waals surface area contributed by atoms with E-state index in [1.54, 1.807) is 26.0 Å². The topological polar surface area (TPSA) is 114 Å². The van der Waals surface area contributed by atoms with Crippen molar-refractivity contribution in [3.8, 4) is 5.75 Å². The largest absolute Gasteiger partial charge is 0.379 e. The second-order valence-electron chi connectivity index (χ2n) is 7.55. The highest BCUT2D eigenvalue weighted by Gasteiger charge is 2.20. The van der Waals surface area contributed by atoms with Gasteiger partial charge in [-0.3, -0.25) is 20.4 Å². The Balaban J connectivity index is 1.53. The average Bonchev–Trinajstić information content (AvgIpc) is 2.79. The molecule has 0 fully saturated rings. The van der Waals surface area contributed by atoms with E-state index in [2.05, 4.69) is 16.2 Å². The molecule has 3 aromatic carbocycles. The van der Waals surface area contributed by atoms with Gasteiger partial charge in [0, 0.05) is 11.3 Å². The van der Waals surface area contributed by atoms with Crippen LogP contribution in [-0.2, 0) is 14.9 Å². The van der Waals surface area contributed by atoms with Crippen LogP contribution in [0.15, 0.2) is 71.6 Å². The van der Waals surface area contributed by atoms with Crippen molar-refractivity contribution in [3.05, 3.63) is 89.0 Å². The van der Waals surface area contributed by atoms with Crippen LogP contribution in [-0.4, -0.2) is 26.8 Å². The summed E-state index contributed by atoms with van der Waals surface area (Å²) < 4.78 is 30.4. The van der Waals surface area contributed by atoms with Crippen LogP contribution < -0.4 is 20.4 Å². The quantitative estimate of drug-likeness (QED) is 0.363. The van der Waals surface area contributed by atoms with Gasteiger partial charge in [-0.05, 0) is 74.4 Å². The first-order valence-corrected chi connectivity index (χ1v) is 11.6.